The summed E-state index contributed by atoms with van der Waals surface area (Å²) >= 11 is 12.3. The number of rotatable bonds is 4. The van der Waals surface area contributed by atoms with Crippen molar-refractivity contribution in [1.82, 2.24) is 9.97 Å². The molecule has 1 heterocycles. The van der Waals surface area contributed by atoms with E-state index in [4.69, 9.17) is 27.9 Å². The van der Waals surface area contributed by atoms with Gasteiger partial charge in [-0.15, -0.1) is 0 Å². The minimum atomic E-state index is 0.412. The molecule has 0 atom stereocenters. The molecule has 2 aromatic rings. The van der Waals surface area contributed by atoms with Gasteiger partial charge in [0.25, 0.3) is 0 Å². The minimum absolute atomic E-state index is 0.412. The van der Waals surface area contributed by atoms with Gasteiger partial charge in [-0.05, 0) is 24.6 Å². The second-order valence-corrected chi connectivity index (χ2v) is 4.87. The number of hydrogen-bond donors (Lipinski definition) is 0. The maximum absolute atomic E-state index is 6.22. The Kier molecular flexibility index (Phi) is 4.61. The predicted molar refractivity (Wildman–Crippen MR) is 78.0 cm³/mol. The molecule has 3 nitrogen and oxygen atoms in total. The zero-order chi connectivity index (χ0) is 13.8. The van der Waals surface area contributed by atoms with Crippen LogP contribution in [0.25, 0.3) is 11.4 Å². The van der Waals surface area contributed by atoms with Crippen LogP contribution in [0, 0.1) is 0 Å². The lowest BCUT2D eigenvalue weighted by molar-refractivity contribution is 0.416. The Labute approximate surface area is 122 Å². The third-order valence-corrected chi connectivity index (χ3v) is 3.18. The van der Waals surface area contributed by atoms with E-state index in [9.17, 15) is 0 Å². The van der Waals surface area contributed by atoms with Crippen molar-refractivity contribution < 1.29 is 4.74 Å². The standard InChI is InChI=1S/C14H14Cl2N2O/c1-3-5-9-8-12(16)18-14(17-9)13-10(15)6-4-7-11(13)19-2/h4,6-8H,3,5H2,1-2H3. The summed E-state index contributed by atoms with van der Waals surface area (Å²) in [5.41, 5.74) is 1.57. The fraction of sp³-hybridized carbons (Fsp3) is 0.286. The summed E-state index contributed by atoms with van der Waals surface area (Å²) in [6.07, 6.45) is 1.84. The molecule has 0 radical (unpaired) electrons. The van der Waals surface area contributed by atoms with Crippen molar-refractivity contribution in [2.45, 2.75) is 19.8 Å². The van der Waals surface area contributed by atoms with Gasteiger partial charge >= 0.3 is 0 Å². The maximum atomic E-state index is 6.22. The number of methoxy groups -OCH3 is 1. The highest BCUT2D eigenvalue weighted by Crippen LogP contribution is 2.34. The van der Waals surface area contributed by atoms with Crippen molar-refractivity contribution in [3.05, 3.63) is 40.1 Å². The van der Waals surface area contributed by atoms with E-state index < -0.39 is 0 Å². The minimum Gasteiger partial charge on any atom is -0.496 e. The van der Waals surface area contributed by atoms with Gasteiger partial charge in [-0.3, -0.25) is 0 Å². The molecule has 2 rings (SSSR count). The normalized spacial score (nSPS) is 10.5. The zero-order valence-electron chi connectivity index (χ0n) is 10.8. The summed E-state index contributed by atoms with van der Waals surface area (Å²) in [4.78, 5) is 8.75. The van der Waals surface area contributed by atoms with Crippen molar-refractivity contribution in [2.75, 3.05) is 7.11 Å². The van der Waals surface area contributed by atoms with Crippen molar-refractivity contribution in [1.29, 1.82) is 0 Å². The zero-order valence-corrected chi connectivity index (χ0v) is 12.3. The fourth-order valence-corrected chi connectivity index (χ4v) is 2.31. The number of hydrogen-bond acceptors (Lipinski definition) is 3. The number of halogens is 2. The van der Waals surface area contributed by atoms with Crippen LogP contribution in [-0.2, 0) is 6.42 Å². The Morgan fingerprint density at radius 3 is 2.68 bits per heavy atom. The van der Waals surface area contributed by atoms with Gasteiger partial charge in [0.1, 0.15) is 10.9 Å². The van der Waals surface area contributed by atoms with E-state index in [1.165, 1.54) is 0 Å². The largest absolute Gasteiger partial charge is 0.496 e. The Morgan fingerprint density at radius 1 is 1.21 bits per heavy atom. The van der Waals surface area contributed by atoms with Crippen LogP contribution in [0.2, 0.25) is 10.2 Å². The Hall–Kier alpha value is -1.32. The van der Waals surface area contributed by atoms with E-state index in [1.807, 2.05) is 12.1 Å². The summed E-state index contributed by atoms with van der Waals surface area (Å²) in [5, 5.41) is 0.958. The molecule has 100 valence electrons. The lowest BCUT2D eigenvalue weighted by Gasteiger charge is -2.10. The Bertz CT molecular complexity index is 588. The average molecular weight is 297 g/mol. The first-order valence-electron chi connectivity index (χ1n) is 6.02. The van der Waals surface area contributed by atoms with Gasteiger partial charge in [-0.1, -0.05) is 42.6 Å². The van der Waals surface area contributed by atoms with E-state index in [-0.39, 0.29) is 0 Å². The molecule has 0 amide bonds. The van der Waals surface area contributed by atoms with Crippen molar-refractivity contribution in [3.8, 4) is 17.1 Å². The van der Waals surface area contributed by atoms with Crippen LogP contribution in [0.3, 0.4) is 0 Å². The summed E-state index contributed by atoms with van der Waals surface area (Å²) < 4.78 is 5.31. The number of ether oxygens (including phenoxy) is 1. The number of aromatic nitrogens is 2. The maximum Gasteiger partial charge on any atom is 0.166 e. The van der Waals surface area contributed by atoms with Gasteiger partial charge in [0.15, 0.2) is 5.82 Å². The van der Waals surface area contributed by atoms with E-state index in [0.717, 1.165) is 18.5 Å². The molecule has 1 aromatic heterocycles. The van der Waals surface area contributed by atoms with E-state index in [2.05, 4.69) is 16.9 Å². The monoisotopic (exact) mass is 296 g/mol. The van der Waals surface area contributed by atoms with Gasteiger partial charge in [-0.25, -0.2) is 9.97 Å². The highest BCUT2D eigenvalue weighted by atomic mass is 35.5. The smallest absolute Gasteiger partial charge is 0.166 e. The molecule has 0 fully saturated rings. The molecular weight excluding hydrogens is 283 g/mol. The van der Waals surface area contributed by atoms with Crippen LogP contribution in [0.4, 0.5) is 0 Å². The molecule has 0 unspecified atom stereocenters. The number of benzene rings is 1. The summed E-state index contributed by atoms with van der Waals surface area (Å²) in [5.74, 6) is 1.13. The highest BCUT2D eigenvalue weighted by Gasteiger charge is 2.14. The van der Waals surface area contributed by atoms with E-state index in [0.29, 0.717) is 27.3 Å². The molecule has 0 spiro atoms. The SMILES string of the molecule is CCCc1cc(Cl)nc(-c2c(Cl)cccc2OC)n1. The molecule has 0 N–H and O–H groups in total. The summed E-state index contributed by atoms with van der Waals surface area (Å²) in [6, 6.07) is 7.20. The second kappa shape index (κ2) is 6.22. The van der Waals surface area contributed by atoms with E-state index >= 15 is 0 Å². The summed E-state index contributed by atoms with van der Waals surface area (Å²) in [6.45, 7) is 2.09. The first-order chi connectivity index (χ1) is 9.15. The van der Waals surface area contributed by atoms with Crippen molar-refractivity contribution in [2.24, 2.45) is 0 Å². The molecule has 19 heavy (non-hydrogen) atoms. The van der Waals surface area contributed by atoms with Crippen molar-refractivity contribution >= 4 is 23.2 Å². The van der Waals surface area contributed by atoms with Crippen LogP contribution < -0.4 is 4.74 Å². The molecule has 0 aliphatic carbocycles. The fourth-order valence-electron chi connectivity index (χ4n) is 1.85. The third kappa shape index (κ3) is 3.17. The molecular formula is C14H14Cl2N2O. The summed E-state index contributed by atoms with van der Waals surface area (Å²) in [7, 11) is 1.59. The highest BCUT2D eigenvalue weighted by molar-refractivity contribution is 6.33. The van der Waals surface area contributed by atoms with Crippen LogP contribution in [0.15, 0.2) is 24.3 Å². The van der Waals surface area contributed by atoms with Crippen molar-refractivity contribution in [3.63, 3.8) is 0 Å². The first kappa shape index (κ1) is 14.1. The van der Waals surface area contributed by atoms with Gasteiger partial charge in [0, 0.05) is 5.69 Å². The number of aryl methyl sites for hydroxylation is 1. The van der Waals surface area contributed by atoms with Crippen LogP contribution in [-0.4, -0.2) is 17.1 Å². The lowest BCUT2D eigenvalue weighted by atomic mass is 10.1. The molecule has 0 aliphatic rings. The van der Waals surface area contributed by atoms with Crippen LogP contribution >= 0.6 is 23.2 Å². The molecule has 0 bridgehead atoms. The number of nitrogens with zero attached hydrogens (tertiary/aromatic N) is 2. The molecule has 5 heteroatoms. The van der Waals surface area contributed by atoms with Gasteiger partial charge in [-0.2, -0.15) is 0 Å². The van der Waals surface area contributed by atoms with Crippen LogP contribution in [0.5, 0.6) is 5.75 Å². The van der Waals surface area contributed by atoms with Gasteiger partial charge in [0.05, 0.1) is 17.7 Å². The average Bonchev–Trinajstić information content (AvgIpc) is 2.38. The Morgan fingerprint density at radius 2 is 2.00 bits per heavy atom. The predicted octanol–water partition coefficient (Wildman–Crippen LogP) is 4.41. The second-order valence-electron chi connectivity index (χ2n) is 4.07. The first-order valence-corrected chi connectivity index (χ1v) is 6.77. The topological polar surface area (TPSA) is 35.0 Å². The van der Waals surface area contributed by atoms with Gasteiger partial charge in [0.2, 0.25) is 0 Å². The van der Waals surface area contributed by atoms with E-state index in [1.54, 1.807) is 19.2 Å². The quantitative estimate of drug-likeness (QED) is 0.784. The molecule has 1 aromatic carbocycles. The molecule has 0 saturated heterocycles. The van der Waals surface area contributed by atoms with Gasteiger partial charge < -0.3 is 4.74 Å². The Balaban J connectivity index is 2.58. The third-order valence-electron chi connectivity index (χ3n) is 2.67. The lowest BCUT2D eigenvalue weighted by Crippen LogP contribution is -1.98. The molecule has 0 aliphatic heterocycles. The van der Waals surface area contributed by atoms with Crippen LogP contribution in [0.1, 0.15) is 19.0 Å². The molecule has 0 saturated carbocycles.